The highest BCUT2D eigenvalue weighted by atomic mass is 32.1. The van der Waals surface area contributed by atoms with Gasteiger partial charge in [0.05, 0.1) is 4.88 Å². The number of aliphatic hydroxyl groups excluding tert-OH is 1. The first kappa shape index (κ1) is 16.6. The highest BCUT2D eigenvalue weighted by Crippen LogP contribution is 2.30. The molecule has 0 spiro atoms. The molecule has 7 heteroatoms. The summed E-state index contributed by atoms with van der Waals surface area (Å²) in [5.41, 5.74) is 0.486. The normalized spacial score (nSPS) is 14.8. The zero-order chi connectivity index (χ0) is 17.1. The molecule has 2 amide bonds. The van der Waals surface area contributed by atoms with Crippen molar-refractivity contribution in [2.24, 2.45) is 0 Å². The van der Waals surface area contributed by atoms with E-state index in [1.807, 2.05) is 0 Å². The van der Waals surface area contributed by atoms with Crippen LogP contribution < -0.4 is 0 Å². The number of aliphatic hydroxyl groups is 1. The lowest BCUT2D eigenvalue weighted by atomic mass is 10.2. The van der Waals surface area contributed by atoms with Gasteiger partial charge in [-0.05, 0) is 18.2 Å². The van der Waals surface area contributed by atoms with E-state index in [0.29, 0.717) is 41.5 Å². The van der Waals surface area contributed by atoms with Gasteiger partial charge in [-0.1, -0.05) is 18.2 Å². The van der Waals surface area contributed by atoms with Crippen LogP contribution in [0.1, 0.15) is 9.67 Å². The second-order valence-electron chi connectivity index (χ2n) is 5.47. The van der Waals surface area contributed by atoms with Crippen molar-refractivity contribution < 1.29 is 19.1 Å². The van der Waals surface area contributed by atoms with Crippen LogP contribution in [0, 0.1) is 5.82 Å². The minimum Gasteiger partial charge on any atom is -0.387 e. The standard InChI is InChI=1S/C17H17FN2O3S/c18-13-4-2-1-3-12(13)14-5-6-15(24-14)17(23)20-9-7-19(8-10-20)16(22)11-21/h1-6,21H,7-11H2. The van der Waals surface area contributed by atoms with Crippen LogP contribution in [0.3, 0.4) is 0 Å². The topological polar surface area (TPSA) is 60.9 Å². The summed E-state index contributed by atoms with van der Waals surface area (Å²) in [4.78, 5) is 28.5. The van der Waals surface area contributed by atoms with Crippen LogP contribution in [-0.4, -0.2) is 59.5 Å². The van der Waals surface area contributed by atoms with E-state index < -0.39 is 6.61 Å². The molecule has 126 valence electrons. The molecule has 1 aromatic carbocycles. The number of amides is 2. The Labute approximate surface area is 142 Å². The van der Waals surface area contributed by atoms with Crippen LogP contribution >= 0.6 is 11.3 Å². The Hall–Kier alpha value is -2.25. The molecule has 0 atom stereocenters. The number of benzene rings is 1. The van der Waals surface area contributed by atoms with Gasteiger partial charge in [-0.3, -0.25) is 9.59 Å². The van der Waals surface area contributed by atoms with E-state index in [1.54, 1.807) is 40.1 Å². The van der Waals surface area contributed by atoms with E-state index in [1.165, 1.54) is 17.4 Å². The monoisotopic (exact) mass is 348 g/mol. The summed E-state index contributed by atoms with van der Waals surface area (Å²) in [5.74, 6) is -0.742. The second-order valence-corrected chi connectivity index (χ2v) is 6.56. The summed E-state index contributed by atoms with van der Waals surface area (Å²) in [6.45, 7) is 1.17. The average Bonchev–Trinajstić information content (AvgIpc) is 3.11. The van der Waals surface area contributed by atoms with Crippen LogP contribution in [0.4, 0.5) is 4.39 Å². The van der Waals surface area contributed by atoms with Gasteiger partial charge in [0.15, 0.2) is 0 Å². The van der Waals surface area contributed by atoms with Gasteiger partial charge in [-0.15, -0.1) is 11.3 Å². The van der Waals surface area contributed by atoms with Crippen LogP contribution in [0.2, 0.25) is 0 Å². The highest BCUT2D eigenvalue weighted by molar-refractivity contribution is 7.17. The van der Waals surface area contributed by atoms with Gasteiger partial charge in [-0.2, -0.15) is 0 Å². The van der Waals surface area contributed by atoms with Crippen LogP contribution in [0.5, 0.6) is 0 Å². The largest absolute Gasteiger partial charge is 0.387 e. The molecule has 5 nitrogen and oxygen atoms in total. The molecular weight excluding hydrogens is 331 g/mol. The predicted molar refractivity (Wildman–Crippen MR) is 89.3 cm³/mol. The quantitative estimate of drug-likeness (QED) is 0.921. The van der Waals surface area contributed by atoms with Gasteiger partial charge < -0.3 is 14.9 Å². The Morgan fingerprint density at radius 1 is 1.04 bits per heavy atom. The van der Waals surface area contributed by atoms with Crippen molar-refractivity contribution in [1.29, 1.82) is 0 Å². The number of halogens is 1. The summed E-state index contributed by atoms with van der Waals surface area (Å²) in [5, 5.41) is 8.87. The average molecular weight is 348 g/mol. The van der Waals surface area contributed by atoms with Crippen molar-refractivity contribution in [3.63, 3.8) is 0 Å². The molecule has 2 aromatic rings. The molecule has 1 saturated heterocycles. The van der Waals surface area contributed by atoms with Crippen molar-refractivity contribution in [2.75, 3.05) is 32.8 Å². The van der Waals surface area contributed by atoms with Crippen molar-refractivity contribution >= 4 is 23.2 Å². The Balaban J connectivity index is 1.69. The molecule has 1 fully saturated rings. The van der Waals surface area contributed by atoms with Crippen molar-refractivity contribution in [2.45, 2.75) is 0 Å². The maximum atomic E-state index is 13.8. The first-order valence-electron chi connectivity index (χ1n) is 7.63. The summed E-state index contributed by atoms with van der Waals surface area (Å²) in [7, 11) is 0. The fraction of sp³-hybridized carbons (Fsp3) is 0.294. The molecule has 0 aliphatic carbocycles. The van der Waals surface area contributed by atoms with Crippen molar-refractivity contribution in [3.8, 4) is 10.4 Å². The molecule has 2 heterocycles. The van der Waals surface area contributed by atoms with Gasteiger partial charge >= 0.3 is 0 Å². The summed E-state index contributed by atoms with van der Waals surface area (Å²) in [6, 6.07) is 9.94. The lowest BCUT2D eigenvalue weighted by molar-refractivity contribution is -0.135. The van der Waals surface area contributed by atoms with E-state index in [9.17, 15) is 14.0 Å². The molecule has 0 unspecified atom stereocenters. The van der Waals surface area contributed by atoms with Crippen LogP contribution in [0.15, 0.2) is 36.4 Å². The predicted octanol–water partition coefficient (Wildman–Crippen LogP) is 1.83. The Bertz CT molecular complexity index is 754. The number of thiophene rings is 1. The van der Waals surface area contributed by atoms with Gasteiger partial charge in [0, 0.05) is 36.6 Å². The van der Waals surface area contributed by atoms with Crippen molar-refractivity contribution in [1.82, 2.24) is 9.80 Å². The maximum Gasteiger partial charge on any atom is 0.264 e. The summed E-state index contributed by atoms with van der Waals surface area (Å²) >= 11 is 1.26. The molecule has 1 aliphatic rings. The number of hydrogen-bond acceptors (Lipinski definition) is 4. The Morgan fingerprint density at radius 2 is 1.71 bits per heavy atom. The molecule has 24 heavy (non-hydrogen) atoms. The first-order chi connectivity index (χ1) is 11.6. The van der Waals surface area contributed by atoms with Crippen LogP contribution in [0.25, 0.3) is 10.4 Å². The zero-order valence-corrected chi connectivity index (χ0v) is 13.8. The molecule has 0 saturated carbocycles. The molecule has 3 rings (SSSR count). The summed E-state index contributed by atoms with van der Waals surface area (Å²) < 4.78 is 13.8. The van der Waals surface area contributed by atoms with Gasteiger partial charge in [0.25, 0.3) is 5.91 Å². The number of piperazine rings is 1. The minimum atomic E-state index is -0.509. The number of carbonyl (C=O) groups excluding carboxylic acids is 2. The minimum absolute atomic E-state index is 0.112. The highest BCUT2D eigenvalue weighted by Gasteiger charge is 2.25. The molecule has 1 aromatic heterocycles. The molecule has 1 N–H and O–H groups in total. The van der Waals surface area contributed by atoms with Crippen LogP contribution in [-0.2, 0) is 4.79 Å². The third-order valence-corrected chi connectivity index (χ3v) is 5.12. The lowest BCUT2D eigenvalue weighted by Crippen LogP contribution is -2.51. The molecule has 1 aliphatic heterocycles. The molecule has 0 bridgehead atoms. The number of nitrogens with zero attached hydrogens (tertiary/aromatic N) is 2. The zero-order valence-electron chi connectivity index (χ0n) is 12.9. The van der Waals surface area contributed by atoms with Gasteiger partial charge in [0.2, 0.25) is 5.91 Å². The third kappa shape index (κ3) is 3.32. The van der Waals surface area contributed by atoms with E-state index in [4.69, 9.17) is 5.11 Å². The smallest absolute Gasteiger partial charge is 0.264 e. The van der Waals surface area contributed by atoms with Gasteiger partial charge in [0.1, 0.15) is 12.4 Å². The molecular formula is C17H17FN2O3S. The maximum absolute atomic E-state index is 13.8. The Kier molecular flexibility index (Phi) is 4.92. The lowest BCUT2D eigenvalue weighted by Gasteiger charge is -2.34. The molecule has 0 radical (unpaired) electrons. The van der Waals surface area contributed by atoms with E-state index >= 15 is 0 Å². The van der Waals surface area contributed by atoms with E-state index in [-0.39, 0.29) is 17.6 Å². The van der Waals surface area contributed by atoms with E-state index in [2.05, 4.69) is 0 Å². The third-order valence-electron chi connectivity index (χ3n) is 4.01. The number of rotatable bonds is 3. The van der Waals surface area contributed by atoms with E-state index in [0.717, 1.165) is 0 Å². The fourth-order valence-corrected chi connectivity index (χ4v) is 3.67. The SMILES string of the molecule is O=C(CO)N1CCN(C(=O)c2ccc(-c3ccccc3F)s2)CC1. The van der Waals surface area contributed by atoms with Gasteiger partial charge in [-0.25, -0.2) is 4.39 Å². The second kappa shape index (κ2) is 7.11. The number of hydrogen-bond donors (Lipinski definition) is 1. The summed E-state index contributed by atoms with van der Waals surface area (Å²) in [6.07, 6.45) is 0. The Morgan fingerprint density at radius 3 is 2.38 bits per heavy atom. The number of carbonyl (C=O) groups is 2. The van der Waals surface area contributed by atoms with Crippen molar-refractivity contribution in [3.05, 3.63) is 47.1 Å². The fourth-order valence-electron chi connectivity index (χ4n) is 2.67. The first-order valence-corrected chi connectivity index (χ1v) is 8.44.